The van der Waals surface area contributed by atoms with Crippen LogP contribution < -0.4 is 5.32 Å². The summed E-state index contributed by atoms with van der Waals surface area (Å²) in [6.07, 6.45) is 3.15. The van der Waals surface area contributed by atoms with Crippen molar-refractivity contribution >= 4 is 0 Å². The topological polar surface area (TPSA) is 41.5 Å². The lowest BCUT2D eigenvalue weighted by Crippen LogP contribution is -2.50. The van der Waals surface area contributed by atoms with E-state index < -0.39 is 0 Å². The number of hydrogen-bond donors (Lipinski definition) is 2. The van der Waals surface area contributed by atoms with E-state index in [0.717, 1.165) is 25.9 Å². The minimum absolute atomic E-state index is 0.0207. The third kappa shape index (κ3) is 3.72. The second kappa shape index (κ2) is 5.99. The van der Waals surface area contributed by atoms with Crippen LogP contribution in [0.2, 0.25) is 0 Å². The Hall–Kier alpha value is -0.120. The molecule has 3 atom stereocenters. The first-order valence-electron chi connectivity index (χ1n) is 6.51. The quantitative estimate of drug-likeness (QED) is 0.757. The normalized spacial score (nSPS) is 33.0. The first kappa shape index (κ1) is 13.9. The Morgan fingerprint density at radius 2 is 2.19 bits per heavy atom. The SMILES string of the molecule is CCC1(C)CC(N[C@H](CO)C(C)C)CCO1. The van der Waals surface area contributed by atoms with Crippen LogP contribution in [0, 0.1) is 5.92 Å². The van der Waals surface area contributed by atoms with Crippen LogP contribution in [-0.4, -0.2) is 36.0 Å². The Bertz CT molecular complexity index is 208. The second-order valence-corrected chi connectivity index (χ2v) is 5.54. The largest absolute Gasteiger partial charge is 0.395 e. The smallest absolute Gasteiger partial charge is 0.0666 e. The van der Waals surface area contributed by atoms with Gasteiger partial charge in [-0.3, -0.25) is 0 Å². The Morgan fingerprint density at radius 1 is 1.50 bits per heavy atom. The van der Waals surface area contributed by atoms with Crippen LogP contribution in [0.1, 0.15) is 47.0 Å². The van der Waals surface area contributed by atoms with E-state index in [-0.39, 0.29) is 18.2 Å². The van der Waals surface area contributed by atoms with Gasteiger partial charge < -0.3 is 15.2 Å². The van der Waals surface area contributed by atoms with Crippen molar-refractivity contribution in [1.29, 1.82) is 0 Å². The van der Waals surface area contributed by atoms with E-state index in [1.807, 2.05) is 0 Å². The molecule has 96 valence electrons. The molecule has 16 heavy (non-hydrogen) atoms. The summed E-state index contributed by atoms with van der Waals surface area (Å²) in [6.45, 7) is 9.70. The van der Waals surface area contributed by atoms with Gasteiger partial charge >= 0.3 is 0 Å². The predicted octanol–water partition coefficient (Wildman–Crippen LogP) is 1.94. The summed E-state index contributed by atoms with van der Waals surface area (Å²) < 4.78 is 5.82. The van der Waals surface area contributed by atoms with E-state index in [1.165, 1.54) is 0 Å². The van der Waals surface area contributed by atoms with E-state index in [4.69, 9.17) is 4.74 Å². The molecule has 0 aromatic heterocycles. The monoisotopic (exact) mass is 229 g/mol. The molecule has 1 heterocycles. The molecule has 0 saturated carbocycles. The number of rotatable bonds is 5. The van der Waals surface area contributed by atoms with Gasteiger partial charge in [0.15, 0.2) is 0 Å². The van der Waals surface area contributed by atoms with Crippen LogP contribution in [0.4, 0.5) is 0 Å². The van der Waals surface area contributed by atoms with Gasteiger partial charge in [0.05, 0.1) is 12.2 Å². The van der Waals surface area contributed by atoms with Crippen LogP contribution in [-0.2, 0) is 4.74 Å². The van der Waals surface area contributed by atoms with E-state index in [0.29, 0.717) is 12.0 Å². The lowest BCUT2D eigenvalue weighted by Gasteiger charge is -2.40. The highest BCUT2D eigenvalue weighted by Crippen LogP contribution is 2.28. The fraction of sp³-hybridized carbons (Fsp3) is 1.00. The molecule has 0 aromatic carbocycles. The first-order chi connectivity index (χ1) is 7.50. The average molecular weight is 229 g/mol. The van der Waals surface area contributed by atoms with Gasteiger partial charge in [-0.15, -0.1) is 0 Å². The summed E-state index contributed by atoms with van der Waals surface area (Å²) in [5.41, 5.74) is 0.0207. The van der Waals surface area contributed by atoms with Crippen molar-refractivity contribution in [2.45, 2.75) is 64.6 Å². The van der Waals surface area contributed by atoms with Gasteiger partial charge in [0.1, 0.15) is 0 Å². The van der Waals surface area contributed by atoms with E-state index in [2.05, 4.69) is 33.0 Å². The van der Waals surface area contributed by atoms with Gasteiger partial charge in [0.2, 0.25) is 0 Å². The minimum Gasteiger partial charge on any atom is -0.395 e. The highest BCUT2D eigenvalue weighted by molar-refractivity contribution is 4.87. The molecule has 2 N–H and O–H groups in total. The van der Waals surface area contributed by atoms with Gasteiger partial charge in [-0.1, -0.05) is 20.8 Å². The zero-order chi connectivity index (χ0) is 12.2. The fourth-order valence-electron chi connectivity index (χ4n) is 2.28. The highest BCUT2D eigenvalue weighted by Gasteiger charge is 2.32. The van der Waals surface area contributed by atoms with Crippen molar-refractivity contribution in [2.75, 3.05) is 13.2 Å². The van der Waals surface area contributed by atoms with Gasteiger partial charge in [0, 0.05) is 18.7 Å². The molecule has 0 aromatic rings. The van der Waals surface area contributed by atoms with Crippen molar-refractivity contribution < 1.29 is 9.84 Å². The molecule has 1 saturated heterocycles. The number of hydrogen-bond acceptors (Lipinski definition) is 3. The second-order valence-electron chi connectivity index (χ2n) is 5.54. The molecule has 3 heteroatoms. The Labute approximate surface area is 99.6 Å². The van der Waals surface area contributed by atoms with Gasteiger partial charge in [-0.05, 0) is 32.1 Å². The van der Waals surface area contributed by atoms with Crippen LogP contribution in [0.5, 0.6) is 0 Å². The van der Waals surface area contributed by atoms with Crippen molar-refractivity contribution in [3.05, 3.63) is 0 Å². The molecule has 1 fully saturated rings. The molecule has 2 unspecified atom stereocenters. The van der Waals surface area contributed by atoms with E-state index in [9.17, 15) is 5.11 Å². The number of nitrogens with one attached hydrogen (secondary N) is 1. The summed E-state index contributed by atoms with van der Waals surface area (Å²) in [5, 5.41) is 12.9. The number of aliphatic hydroxyl groups is 1. The van der Waals surface area contributed by atoms with Crippen LogP contribution >= 0.6 is 0 Å². The van der Waals surface area contributed by atoms with Crippen molar-refractivity contribution in [2.24, 2.45) is 5.92 Å². The van der Waals surface area contributed by atoms with Crippen molar-refractivity contribution in [3.8, 4) is 0 Å². The number of ether oxygens (including phenoxy) is 1. The van der Waals surface area contributed by atoms with Crippen LogP contribution in [0.3, 0.4) is 0 Å². The van der Waals surface area contributed by atoms with Crippen molar-refractivity contribution in [1.82, 2.24) is 5.32 Å². The molecule has 1 rings (SSSR count). The first-order valence-corrected chi connectivity index (χ1v) is 6.51. The minimum atomic E-state index is 0.0207. The third-order valence-corrected chi connectivity index (χ3v) is 3.79. The molecular weight excluding hydrogens is 202 g/mol. The van der Waals surface area contributed by atoms with Gasteiger partial charge in [0.25, 0.3) is 0 Å². The van der Waals surface area contributed by atoms with Gasteiger partial charge in [-0.2, -0.15) is 0 Å². The molecule has 0 amide bonds. The lowest BCUT2D eigenvalue weighted by atomic mass is 9.89. The van der Waals surface area contributed by atoms with Crippen molar-refractivity contribution in [3.63, 3.8) is 0 Å². The molecule has 1 aliphatic rings. The molecule has 1 aliphatic heterocycles. The molecule has 0 radical (unpaired) electrons. The maximum absolute atomic E-state index is 9.32. The predicted molar refractivity (Wildman–Crippen MR) is 66.5 cm³/mol. The molecule has 0 spiro atoms. The fourth-order valence-corrected chi connectivity index (χ4v) is 2.28. The summed E-state index contributed by atoms with van der Waals surface area (Å²) in [6, 6.07) is 0.697. The lowest BCUT2D eigenvalue weighted by molar-refractivity contribution is -0.0803. The Balaban J connectivity index is 2.48. The van der Waals surface area contributed by atoms with Crippen LogP contribution in [0.15, 0.2) is 0 Å². The summed E-state index contributed by atoms with van der Waals surface area (Å²) in [7, 11) is 0. The third-order valence-electron chi connectivity index (χ3n) is 3.79. The van der Waals surface area contributed by atoms with E-state index in [1.54, 1.807) is 0 Å². The number of aliphatic hydroxyl groups excluding tert-OH is 1. The standard InChI is InChI=1S/C13H27NO2/c1-5-13(4)8-11(6-7-16-13)14-12(9-15)10(2)3/h10-12,14-15H,5-9H2,1-4H3/t11?,12-,13?/m1/s1. The van der Waals surface area contributed by atoms with E-state index >= 15 is 0 Å². The van der Waals surface area contributed by atoms with Crippen LogP contribution in [0.25, 0.3) is 0 Å². The summed E-state index contributed by atoms with van der Waals surface area (Å²) in [5.74, 6) is 0.473. The highest BCUT2D eigenvalue weighted by atomic mass is 16.5. The molecule has 3 nitrogen and oxygen atoms in total. The molecule has 0 bridgehead atoms. The maximum atomic E-state index is 9.32. The average Bonchev–Trinajstić information content (AvgIpc) is 2.25. The Morgan fingerprint density at radius 3 is 2.69 bits per heavy atom. The Kier molecular flexibility index (Phi) is 5.22. The molecule has 0 aliphatic carbocycles. The summed E-state index contributed by atoms with van der Waals surface area (Å²) in [4.78, 5) is 0. The zero-order valence-electron chi connectivity index (χ0n) is 11.1. The maximum Gasteiger partial charge on any atom is 0.0666 e. The van der Waals surface area contributed by atoms with Gasteiger partial charge in [-0.25, -0.2) is 0 Å². The summed E-state index contributed by atoms with van der Waals surface area (Å²) >= 11 is 0. The zero-order valence-corrected chi connectivity index (χ0v) is 11.1. The molecular formula is C13H27NO2.